The predicted octanol–water partition coefficient (Wildman–Crippen LogP) is 0.856. The third kappa shape index (κ3) is 2.04. The topological polar surface area (TPSA) is 94.0 Å². The fourth-order valence-electron chi connectivity index (χ4n) is 1.10. The molecule has 1 aromatic rings. The minimum absolute atomic E-state index is 0.0118. The Bertz CT molecular complexity index is 430. The average molecular weight is 208 g/mol. The lowest BCUT2D eigenvalue weighted by Gasteiger charge is -1.97. The summed E-state index contributed by atoms with van der Waals surface area (Å²) in [6.07, 6.45) is 3.07. The van der Waals surface area contributed by atoms with Crippen LogP contribution in [0.5, 0.6) is 5.88 Å². The molecular formula is C8H8N4O3. The van der Waals surface area contributed by atoms with Crippen LogP contribution in [0, 0.1) is 21.4 Å². The first kappa shape index (κ1) is 9.45. The van der Waals surface area contributed by atoms with Crippen LogP contribution >= 0.6 is 0 Å². The largest absolute Gasteiger partial charge is 0.468 e. The maximum Gasteiger partial charge on any atom is 0.350 e. The van der Waals surface area contributed by atoms with E-state index in [1.54, 1.807) is 0 Å². The van der Waals surface area contributed by atoms with Crippen LogP contribution in [-0.2, 0) is 6.54 Å². The normalized spacial score (nSPS) is 14.6. The number of aromatic nitrogens is 2. The van der Waals surface area contributed by atoms with Crippen molar-refractivity contribution in [3.05, 3.63) is 16.3 Å². The zero-order chi connectivity index (χ0) is 10.8. The second-order valence-corrected chi connectivity index (χ2v) is 3.25. The summed E-state index contributed by atoms with van der Waals surface area (Å²) in [6, 6.07) is 1.85. The molecule has 0 spiro atoms. The molecule has 1 fully saturated rings. The van der Waals surface area contributed by atoms with Gasteiger partial charge in [-0.1, -0.05) is 0 Å². The van der Waals surface area contributed by atoms with Gasteiger partial charge in [0.15, 0.2) is 0 Å². The first-order valence-corrected chi connectivity index (χ1v) is 4.46. The molecule has 0 radical (unpaired) electrons. The monoisotopic (exact) mass is 208 g/mol. The lowest BCUT2D eigenvalue weighted by atomic mass is 10.5. The van der Waals surface area contributed by atoms with Gasteiger partial charge in [-0.15, -0.1) is 5.10 Å². The van der Waals surface area contributed by atoms with Crippen LogP contribution in [0.25, 0.3) is 0 Å². The predicted molar refractivity (Wildman–Crippen MR) is 48.1 cm³/mol. The van der Waals surface area contributed by atoms with Crippen molar-refractivity contribution in [3.63, 3.8) is 0 Å². The van der Waals surface area contributed by atoms with Gasteiger partial charge >= 0.3 is 11.6 Å². The standard InChI is InChI=1S/C8H8N4O3/c9-3-4-11-5-7(12(13)14)8(10-11)15-6-1-2-6/h5-6H,1-2,4H2. The summed E-state index contributed by atoms with van der Waals surface area (Å²) in [4.78, 5) is 10.1. The van der Waals surface area contributed by atoms with Crippen LogP contribution in [0.15, 0.2) is 6.20 Å². The third-order valence-electron chi connectivity index (χ3n) is 1.94. The molecule has 0 N–H and O–H groups in total. The Morgan fingerprint density at radius 2 is 2.53 bits per heavy atom. The quantitative estimate of drug-likeness (QED) is 0.540. The van der Waals surface area contributed by atoms with Crippen LogP contribution in [0.4, 0.5) is 5.69 Å². The van der Waals surface area contributed by atoms with Crippen LogP contribution in [0.2, 0.25) is 0 Å². The molecule has 1 aliphatic carbocycles. The highest BCUT2D eigenvalue weighted by molar-refractivity contribution is 5.38. The second kappa shape index (κ2) is 3.57. The van der Waals surface area contributed by atoms with E-state index < -0.39 is 4.92 Å². The lowest BCUT2D eigenvalue weighted by Crippen LogP contribution is -2.00. The summed E-state index contributed by atoms with van der Waals surface area (Å²) < 4.78 is 6.47. The molecule has 0 atom stereocenters. The first-order valence-electron chi connectivity index (χ1n) is 4.46. The fourth-order valence-corrected chi connectivity index (χ4v) is 1.10. The zero-order valence-electron chi connectivity index (χ0n) is 7.79. The van der Waals surface area contributed by atoms with Crippen molar-refractivity contribution in [3.8, 4) is 11.9 Å². The molecule has 0 saturated heterocycles. The molecule has 1 heterocycles. The molecule has 78 valence electrons. The fraction of sp³-hybridized carbons (Fsp3) is 0.500. The van der Waals surface area contributed by atoms with Gasteiger partial charge in [0, 0.05) is 0 Å². The lowest BCUT2D eigenvalue weighted by molar-refractivity contribution is -0.386. The van der Waals surface area contributed by atoms with E-state index in [0.29, 0.717) is 0 Å². The molecule has 1 saturated carbocycles. The van der Waals surface area contributed by atoms with Gasteiger partial charge in [-0.3, -0.25) is 10.1 Å². The third-order valence-corrected chi connectivity index (χ3v) is 1.94. The highest BCUT2D eigenvalue weighted by Gasteiger charge is 2.29. The maximum atomic E-state index is 10.6. The first-order chi connectivity index (χ1) is 7.20. The number of hydrogen-bond acceptors (Lipinski definition) is 5. The Morgan fingerprint density at radius 1 is 1.80 bits per heavy atom. The van der Waals surface area contributed by atoms with E-state index in [0.717, 1.165) is 12.8 Å². The number of nitrogens with zero attached hydrogens (tertiary/aromatic N) is 4. The summed E-state index contributed by atoms with van der Waals surface area (Å²) in [5.74, 6) is 0.0118. The van der Waals surface area contributed by atoms with Crippen LogP contribution in [0.1, 0.15) is 12.8 Å². The Hall–Kier alpha value is -2.10. The molecule has 1 aliphatic rings. The zero-order valence-corrected chi connectivity index (χ0v) is 7.79. The molecule has 0 unspecified atom stereocenters. The van der Waals surface area contributed by atoms with E-state index in [4.69, 9.17) is 10.00 Å². The Kier molecular flexibility index (Phi) is 2.25. The molecule has 7 nitrogen and oxygen atoms in total. The van der Waals surface area contributed by atoms with Crippen molar-refractivity contribution in [2.75, 3.05) is 0 Å². The van der Waals surface area contributed by atoms with Gasteiger partial charge in [0.1, 0.15) is 18.8 Å². The maximum absolute atomic E-state index is 10.6. The van der Waals surface area contributed by atoms with Crippen molar-refractivity contribution >= 4 is 5.69 Å². The highest BCUT2D eigenvalue weighted by Crippen LogP contribution is 2.31. The van der Waals surface area contributed by atoms with Gasteiger partial charge in [0.05, 0.1) is 11.0 Å². The summed E-state index contributed by atoms with van der Waals surface area (Å²) >= 11 is 0. The molecule has 0 bridgehead atoms. The average Bonchev–Trinajstić information content (AvgIpc) is 2.88. The molecule has 0 amide bonds. The van der Waals surface area contributed by atoms with E-state index in [2.05, 4.69) is 5.10 Å². The van der Waals surface area contributed by atoms with Gasteiger partial charge in [0.2, 0.25) is 0 Å². The number of nitro groups is 1. The molecule has 15 heavy (non-hydrogen) atoms. The Morgan fingerprint density at radius 3 is 3.07 bits per heavy atom. The van der Waals surface area contributed by atoms with Crippen molar-refractivity contribution in [1.82, 2.24) is 9.78 Å². The molecule has 0 aliphatic heterocycles. The van der Waals surface area contributed by atoms with Gasteiger partial charge in [-0.25, -0.2) is 4.68 Å². The Balaban J connectivity index is 2.24. The minimum atomic E-state index is -0.557. The highest BCUT2D eigenvalue weighted by atomic mass is 16.6. The van der Waals surface area contributed by atoms with Gasteiger partial charge in [-0.05, 0) is 12.8 Å². The van der Waals surface area contributed by atoms with Crippen molar-refractivity contribution in [2.24, 2.45) is 0 Å². The minimum Gasteiger partial charge on any atom is -0.468 e. The van der Waals surface area contributed by atoms with Crippen molar-refractivity contribution in [2.45, 2.75) is 25.5 Å². The number of nitriles is 1. The molecule has 7 heteroatoms. The summed E-state index contributed by atoms with van der Waals surface area (Å²) in [5, 5.41) is 22.9. The summed E-state index contributed by atoms with van der Waals surface area (Å²) in [7, 11) is 0. The molecule has 0 aromatic carbocycles. The van der Waals surface area contributed by atoms with Crippen LogP contribution in [-0.4, -0.2) is 20.8 Å². The van der Waals surface area contributed by atoms with E-state index in [1.807, 2.05) is 6.07 Å². The molecule has 2 rings (SSSR count). The number of hydrogen-bond donors (Lipinski definition) is 0. The summed E-state index contributed by atoms with van der Waals surface area (Å²) in [5.41, 5.74) is -0.183. The van der Waals surface area contributed by atoms with Crippen LogP contribution < -0.4 is 4.74 Å². The van der Waals surface area contributed by atoms with E-state index in [-0.39, 0.29) is 24.2 Å². The summed E-state index contributed by atoms with van der Waals surface area (Å²) in [6.45, 7) is -0.0190. The van der Waals surface area contributed by atoms with Crippen molar-refractivity contribution in [1.29, 1.82) is 5.26 Å². The van der Waals surface area contributed by atoms with E-state index >= 15 is 0 Å². The van der Waals surface area contributed by atoms with E-state index in [1.165, 1.54) is 10.9 Å². The smallest absolute Gasteiger partial charge is 0.350 e. The van der Waals surface area contributed by atoms with Crippen LogP contribution in [0.3, 0.4) is 0 Å². The molecule has 1 aromatic heterocycles. The van der Waals surface area contributed by atoms with Gasteiger partial charge < -0.3 is 4.74 Å². The van der Waals surface area contributed by atoms with Crippen molar-refractivity contribution < 1.29 is 9.66 Å². The van der Waals surface area contributed by atoms with E-state index in [9.17, 15) is 10.1 Å². The molecular weight excluding hydrogens is 200 g/mol. The number of rotatable bonds is 4. The Labute approximate surface area is 85.0 Å². The number of ether oxygens (including phenoxy) is 1. The SMILES string of the molecule is N#CCn1cc([N+](=O)[O-])c(OC2CC2)n1. The van der Waals surface area contributed by atoms with Gasteiger partial charge in [0.25, 0.3) is 0 Å². The second-order valence-electron chi connectivity index (χ2n) is 3.25. The van der Waals surface area contributed by atoms with Gasteiger partial charge in [-0.2, -0.15) is 5.26 Å².